The zero-order valence-electron chi connectivity index (χ0n) is 9.11. The first kappa shape index (κ1) is 12.0. The summed E-state index contributed by atoms with van der Waals surface area (Å²) in [4.78, 5) is 22.1. The van der Waals surface area contributed by atoms with Gasteiger partial charge >= 0.3 is 0 Å². The molecule has 0 bridgehead atoms. The van der Waals surface area contributed by atoms with Gasteiger partial charge in [0.2, 0.25) is 5.91 Å². The summed E-state index contributed by atoms with van der Waals surface area (Å²) in [6.45, 7) is 3.28. The monoisotopic (exact) mass is 223 g/mol. The van der Waals surface area contributed by atoms with Gasteiger partial charge in [0, 0.05) is 5.71 Å². The molecule has 0 aromatic carbocycles. The molecule has 3 N–H and O–H groups in total. The van der Waals surface area contributed by atoms with Crippen LogP contribution in [0.4, 0.5) is 0 Å². The van der Waals surface area contributed by atoms with Crippen molar-refractivity contribution in [2.45, 2.75) is 20.3 Å². The highest BCUT2D eigenvalue weighted by Gasteiger charge is 2.10. The largest absolute Gasteiger partial charge is 0.469 e. The first-order valence-electron chi connectivity index (χ1n) is 4.66. The van der Waals surface area contributed by atoms with E-state index < -0.39 is 5.91 Å². The second-order valence-electron chi connectivity index (χ2n) is 3.32. The Hall–Kier alpha value is -2.11. The van der Waals surface area contributed by atoms with Gasteiger partial charge in [-0.05, 0) is 19.9 Å². The van der Waals surface area contributed by atoms with E-state index in [-0.39, 0.29) is 12.3 Å². The van der Waals surface area contributed by atoms with Gasteiger partial charge in [-0.15, -0.1) is 0 Å². The average Bonchev–Trinajstić information content (AvgIpc) is 2.60. The van der Waals surface area contributed by atoms with Crippen molar-refractivity contribution in [3.8, 4) is 0 Å². The number of carbonyl (C=O) groups excluding carboxylic acids is 2. The summed E-state index contributed by atoms with van der Waals surface area (Å²) >= 11 is 0. The molecule has 0 spiro atoms. The van der Waals surface area contributed by atoms with Crippen LogP contribution in [0, 0.1) is 6.92 Å². The van der Waals surface area contributed by atoms with Gasteiger partial charge in [0.05, 0.1) is 18.2 Å². The molecule has 6 heteroatoms. The van der Waals surface area contributed by atoms with Crippen LogP contribution in [0.25, 0.3) is 0 Å². The van der Waals surface area contributed by atoms with Crippen LogP contribution < -0.4 is 11.2 Å². The second-order valence-corrected chi connectivity index (χ2v) is 3.32. The van der Waals surface area contributed by atoms with Gasteiger partial charge in [-0.3, -0.25) is 9.59 Å². The van der Waals surface area contributed by atoms with Crippen LogP contribution in [0.1, 0.15) is 29.5 Å². The third-order valence-corrected chi connectivity index (χ3v) is 1.88. The second kappa shape index (κ2) is 5.11. The standard InChI is InChI=1S/C10H13N3O3/c1-6(5-9(11)14)12-13-10(15)8-3-4-16-7(8)2/h3-4H,5H2,1-2H3,(H2,11,14)(H,13,15)/b12-6+. The number of nitrogens with two attached hydrogens (primary N) is 1. The minimum atomic E-state index is -0.491. The van der Waals surface area contributed by atoms with Crippen LogP contribution in [0.2, 0.25) is 0 Å². The van der Waals surface area contributed by atoms with E-state index >= 15 is 0 Å². The van der Waals surface area contributed by atoms with Crippen LogP contribution in [-0.4, -0.2) is 17.5 Å². The first-order chi connectivity index (χ1) is 7.50. The highest BCUT2D eigenvalue weighted by molar-refractivity contribution is 6.00. The maximum Gasteiger partial charge on any atom is 0.274 e. The fraction of sp³-hybridized carbons (Fsp3) is 0.300. The highest BCUT2D eigenvalue weighted by atomic mass is 16.3. The summed E-state index contributed by atoms with van der Waals surface area (Å²) in [6.07, 6.45) is 1.44. The Morgan fingerprint density at radius 2 is 2.25 bits per heavy atom. The van der Waals surface area contributed by atoms with Crippen molar-refractivity contribution < 1.29 is 14.0 Å². The van der Waals surface area contributed by atoms with Gasteiger partial charge in [0.25, 0.3) is 5.91 Å². The summed E-state index contributed by atoms with van der Waals surface area (Å²) in [5.41, 5.74) is 8.14. The van der Waals surface area contributed by atoms with Crippen molar-refractivity contribution in [1.82, 2.24) is 5.43 Å². The predicted octanol–water partition coefficient (Wildman–Crippen LogP) is 0.569. The number of carbonyl (C=O) groups is 2. The molecule has 0 saturated carbocycles. The van der Waals surface area contributed by atoms with E-state index in [9.17, 15) is 9.59 Å². The zero-order chi connectivity index (χ0) is 12.1. The van der Waals surface area contributed by atoms with Gasteiger partial charge < -0.3 is 10.2 Å². The molecule has 0 fully saturated rings. The molecule has 6 nitrogen and oxygen atoms in total. The first-order valence-corrected chi connectivity index (χ1v) is 4.66. The van der Waals surface area contributed by atoms with Crippen LogP contribution >= 0.6 is 0 Å². The number of hydrogen-bond donors (Lipinski definition) is 2. The number of furan rings is 1. The highest BCUT2D eigenvalue weighted by Crippen LogP contribution is 2.07. The van der Waals surface area contributed by atoms with Gasteiger partial charge in [-0.2, -0.15) is 5.10 Å². The predicted molar refractivity (Wildman–Crippen MR) is 57.8 cm³/mol. The summed E-state index contributed by atoms with van der Waals surface area (Å²) < 4.78 is 4.97. The van der Waals surface area contributed by atoms with E-state index in [1.165, 1.54) is 6.26 Å². The summed E-state index contributed by atoms with van der Waals surface area (Å²) in [5.74, 6) is -0.356. The Bertz CT molecular complexity index is 434. The maximum absolute atomic E-state index is 11.5. The zero-order valence-corrected chi connectivity index (χ0v) is 9.11. The van der Waals surface area contributed by atoms with Crippen molar-refractivity contribution in [2.75, 3.05) is 0 Å². The third-order valence-electron chi connectivity index (χ3n) is 1.88. The molecule has 0 aliphatic rings. The fourth-order valence-electron chi connectivity index (χ4n) is 1.12. The van der Waals surface area contributed by atoms with E-state index in [0.29, 0.717) is 17.0 Å². The summed E-state index contributed by atoms with van der Waals surface area (Å²) in [6, 6.07) is 1.55. The van der Waals surface area contributed by atoms with Crippen molar-refractivity contribution in [2.24, 2.45) is 10.8 Å². The van der Waals surface area contributed by atoms with Gasteiger partial charge in [0.15, 0.2) is 0 Å². The lowest BCUT2D eigenvalue weighted by Gasteiger charge is -1.99. The Morgan fingerprint density at radius 3 is 2.75 bits per heavy atom. The SMILES string of the molecule is C/C(CC(N)=O)=N\NC(=O)c1ccoc1C. The lowest BCUT2D eigenvalue weighted by atomic mass is 10.2. The van der Waals surface area contributed by atoms with Gasteiger partial charge in [-0.25, -0.2) is 5.43 Å². The molecule has 16 heavy (non-hydrogen) atoms. The molecule has 0 aliphatic carbocycles. The molecule has 0 unspecified atom stereocenters. The van der Waals surface area contributed by atoms with Crippen molar-refractivity contribution >= 4 is 17.5 Å². The smallest absolute Gasteiger partial charge is 0.274 e. The van der Waals surface area contributed by atoms with Crippen LogP contribution in [-0.2, 0) is 4.79 Å². The van der Waals surface area contributed by atoms with E-state index in [0.717, 1.165) is 0 Å². The summed E-state index contributed by atoms with van der Waals surface area (Å²) in [7, 11) is 0. The van der Waals surface area contributed by atoms with E-state index in [1.807, 2.05) is 0 Å². The molecular formula is C10H13N3O3. The minimum absolute atomic E-state index is 0.0185. The lowest BCUT2D eigenvalue weighted by Crippen LogP contribution is -2.21. The average molecular weight is 223 g/mol. The Morgan fingerprint density at radius 1 is 1.56 bits per heavy atom. The number of rotatable bonds is 4. The number of primary amides is 1. The normalized spacial score (nSPS) is 11.2. The molecule has 0 saturated heterocycles. The molecule has 0 radical (unpaired) electrons. The number of nitrogens with one attached hydrogen (secondary N) is 1. The molecule has 2 amide bonds. The Balaban J connectivity index is 2.59. The van der Waals surface area contributed by atoms with Crippen LogP contribution in [0.5, 0.6) is 0 Å². The third kappa shape index (κ3) is 3.23. The quantitative estimate of drug-likeness (QED) is 0.576. The molecular weight excluding hydrogens is 210 g/mol. The van der Waals surface area contributed by atoms with E-state index in [2.05, 4.69) is 10.5 Å². The molecule has 1 heterocycles. The number of amides is 2. The van der Waals surface area contributed by atoms with E-state index in [4.69, 9.17) is 10.2 Å². The molecule has 0 aliphatic heterocycles. The number of hydrogen-bond acceptors (Lipinski definition) is 4. The minimum Gasteiger partial charge on any atom is -0.469 e. The number of aryl methyl sites for hydroxylation is 1. The lowest BCUT2D eigenvalue weighted by molar-refractivity contribution is -0.116. The molecule has 86 valence electrons. The number of hydrazone groups is 1. The van der Waals surface area contributed by atoms with Crippen LogP contribution in [0.3, 0.4) is 0 Å². The van der Waals surface area contributed by atoms with Crippen molar-refractivity contribution in [3.05, 3.63) is 23.7 Å². The summed E-state index contributed by atoms with van der Waals surface area (Å²) in [5, 5.41) is 3.74. The van der Waals surface area contributed by atoms with Crippen molar-refractivity contribution in [1.29, 1.82) is 0 Å². The Kier molecular flexibility index (Phi) is 3.82. The topological polar surface area (TPSA) is 97.7 Å². The van der Waals surface area contributed by atoms with Crippen molar-refractivity contribution in [3.63, 3.8) is 0 Å². The van der Waals surface area contributed by atoms with E-state index in [1.54, 1.807) is 19.9 Å². The molecule has 0 atom stereocenters. The van der Waals surface area contributed by atoms with Crippen LogP contribution in [0.15, 0.2) is 21.8 Å². The fourth-order valence-corrected chi connectivity index (χ4v) is 1.12. The Labute approximate surface area is 92.5 Å². The number of nitrogens with zero attached hydrogens (tertiary/aromatic N) is 1. The molecule has 1 aromatic heterocycles. The maximum atomic E-state index is 11.5. The molecule has 1 rings (SSSR count). The molecule has 1 aromatic rings. The van der Waals surface area contributed by atoms with Gasteiger partial charge in [-0.1, -0.05) is 0 Å². The van der Waals surface area contributed by atoms with Gasteiger partial charge in [0.1, 0.15) is 5.76 Å².